The molecule has 0 amide bonds. The van der Waals surface area contributed by atoms with Crippen LogP contribution in [-0.4, -0.2) is 37.7 Å². The van der Waals surface area contributed by atoms with Gasteiger partial charge >= 0.3 is 0 Å². The highest BCUT2D eigenvalue weighted by molar-refractivity contribution is 9.10. The highest BCUT2D eigenvalue weighted by atomic mass is 79.9. The van der Waals surface area contributed by atoms with Gasteiger partial charge in [0.1, 0.15) is 0 Å². The van der Waals surface area contributed by atoms with Crippen LogP contribution in [-0.2, 0) is 6.54 Å². The summed E-state index contributed by atoms with van der Waals surface area (Å²) in [5.74, 6) is 2.10. The quantitative estimate of drug-likeness (QED) is 0.854. The lowest BCUT2D eigenvalue weighted by Gasteiger charge is -2.18. The lowest BCUT2D eigenvalue weighted by atomic mass is 10.1. The fourth-order valence-electron chi connectivity index (χ4n) is 2.63. The van der Waals surface area contributed by atoms with E-state index in [0.29, 0.717) is 12.5 Å². The Labute approximate surface area is 141 Å². The minimum Gasteiger partial charge on any atom is -0.493 e. The number of benzene rings is 1. The molecule has 1 aromatic carbocycles. The van der Waals surface area contributed by atoms with Gasteiger partial charge in [-0.05, 0) is 46.5 Å². The van der Waals surface area contributed by atoms with Crippen LogP contribution in [0.5, 0.6) is 11.5 Å². The number of halogens is 2. The number of nitrogens with two attached hydrogens (primary N) is 1. The Morgan fingerprint density at radius 3 is 2.62 bits per heavy atom. The number of methoxy groups -OCH3 is 1. The Bertz CT molecular complexity index is 463. The summed E-state index contributed by atoms with van der Waals surface area (Å²) in [6.45, 7) is 7.68. The number of hydrogen-bond acceptors (Lipinski definition) is 4. The van der Waals surface area contributed by atoms with E-state index >= 15 is 0 Å². The molecule has 2 rings (SSSR count). The summed E-state index contributed by atoms with van der Waals surface area (Å²) in [4.78, 5) is 2.39. The van der Waals surface area contributed by atoms with Gasteiger partial charge in [-0.3, -0.25) is 4.90 Å². The lowest BCUT2D eigenvalue weighted by molar-refractivity contribution is 0.303. The minimum absolute atomic E-state index is 0. The van der Waals surface area contributed by atoms with Gasteiger partial charge in [-0.15, -0.1) is 12.4 Å². The zero-order chi connectivity index (χ0) is 14.7. The van der Waals surface area contributed by atoms with E-state index in [4.69, 9.17) is 15.2 Å². The zero-order valence-electron chi connectivity index (χ0n) is 12.8. The molecule has 1 aromatic rings. The van der Waals surface area contributed by atoms with Crippen molar-refractivity contribution in [1.82, 2.24) is 4.90 Å². The molecule has 1 aliphatic rings. The fourth-order valence-corrected chi connectivity index (χ4v) is 3.24. The maximum atomic E-state index is 6.08. The molecule has 0 spiro atoms. The second-order valence-corrected chi connectivity index (χ2v) is 6.23. The molecule has 0 aliphatic carbocycles. The van der Waals surface area contributed by atoms with Crippen LogP contribution in [0.25, 0.3) is 0 Å². The Morgan fingerprint density at radius 1 is 1.38 bits per heavy atom. The molecule has 4 nitrogen and oxygen atoms in total. The highest BCUT2D eigenvalue weighted by Gasteiger charge is 2.26. The van der Waals surface area contributed by atoms with E-state index in [1.165, 1.54) is 5.56 Å². The second-order valence-electron chi connectivity index (χ2n) is 5.38. The van der Waals surface area contributed by atoms with Crippen molar-refractivity contribution in [1.29, 1.82) is 0 Å². The van der Waals surface area contributed by atoms with Crippen molar-refractivity contribution in [2.24, 2.45) is 11.7 Å². The molecule has 6 heteroatoms. The van der Waals surface area contributed by atoms with E-state index in [-0.39, 0.29) is 18.4 Å². The van der Waals surface area contributed by atoms with Gasteiger partial charge in [0.25, 0.3) is 0 Å². The van der Waals surface area contributed by atoms with Gasteiger partial charge in [0, 0.05) is 25.7 Å². The SMILES string of the molecule is CCOc1c(Br)cc(CN2CC(C)C(N)C2)cc1OC.Cl. The van der Waals surface area contributed by atoms with Gasteiger partial charge in [-0.25, -0.2) is 0 Å². The molecule has 1 aliphatic heterocycles. The molecule has 2 unspecified atom stereocenters. The average Bonchev–Trinajstić information content (AvgIpc) is 2.71. The Hall–Kier alpha value is -0.490. The van der Waals surface area contributed by atoms with Crippen LogP contribution in [0.4, 0.5) is 0 Å². The molecule has 21 heavy (non-hydrogen) atoms. The van der Waals surface area contributed by atoms with E-state index in [1.807, 2.05) is 13.0 Å². The van der Waals surface area contributed by atoms with Gasteiger partial charge in [0.05, 0.1) is 18.2 Å². The Balaban J connectivity index is 0.00000220. The molecule has 2 atom stereocenters. The average molecular weight is 380 g/mol. The van der Waals surface area contributed by atoms with Crippen molar-refractivity contribution in [3.8, 4) is 11.5 Å². The summed E-state index contributed by atoms with van der Waals surface area (Å²) >= 11 is 3.56. The summed E-state index contributed by atoms with van der Waals surface area (Å²) < 4.78 is 12.0. The van der Waals surface area contributed by atoms with Crippen LogP contribution in [0.2, 0.25) is 0 Å². The molecule has 0 aromatic heterocycles. The van der Waals surface area contributed by atoms with Crippen molar-refractivity contribution in [2.75, 3.05) is 26.8 Å². The van der Waals surface area contributed by atoms with Gasteiger partial charge in [0.15, 0.2) is 11.5 Å². The van der Waals surface area contributed by atoms with E-state index in [2.05, 4.69) is 33.8 Å². The molecule has 0 radical (unpaired) electrons. The van der Waals surface area contributed by atoms with Crippen molar-refractivity contribution < 1.29 is 9.47 Å². The largest absolute Gasteiger partial charge is 0.493 e. The summed E-state index contributed by atoms with van der Waals surface area (Å²) in [5, 5.41) is 0. The van der Waals surface area contributed by atoms with Crippen LogP contribution < -0.4 is 15.2 Å². The first-order chi connectivity index (χ1) is 9.55. The maximum absolute atomic E-state index is 6.08. The van der Waals surface area contributed by atoms with E-state index in [9.17, 15) is 0 Å². The molecular weight excluding hydrogens is 356 g/mol. The van der Waals surface area contributed by atoms with Crippen molar-refractivity contribution >= 4 is 28.3 Å². The maximum Gasteiger partial charge on any atom is 0.175 e. The first-order valence-electron chi connectivity index (χ1n) is 7.02. The molecule has 2 N–H and O–H groups in total. The summed E-state index contributed by atoms with van der Waals surface area (Å²) in [7, 11) is 1.67. The number of nitrogens with zero attached hydrogens (tertiary/aromatic N) is 1. The summed E-state index contributed by atoms with van der Waals surface area (Å²) in [6, 6.07) is 4.43. The van der Waals surface area contributed by atoms with Gasteiger partial charge < -0.3 is 15.2 Å². The second kappa shape index (κ2) is 8.22. The first kappa shape index (κ1) is 18.6. The fraction of sp³-hybridized carbons (Fsp3) is 0.600. The standard InChI is InChI=1S/C15H23BrN2O2.ClH/c1-4-20-15-12(16)5-11(6-14(15)19-3)8-18-7-10(2)13(17)9-18;/h5-6,10,13H,4,7-9,17H2,1-3H3;1H. The monoisotopic (exact) mass is 378 g/mol. The van der Waals surface area contributed by atoms with Crippen LogP contribution in [0.1, 0.15) is 19.4 Å². The first-order valence-corrected chi connectivity index (χ1v) is 7.81. The topological polar surface area (TPSA) is 47.7 Å². The third-order valence-electron chi connectivity index (χ3n) is 3.73. The third kappa shape index (κ3) is 4.49. The van der Waals surface area contributed by atoms with Crippen molar-refractivity contribution in [2.45, 2.75) is 26.4 Å². The van der Waals surface area contributed by atoms with Gasteiger partial charge in [-0.1, -0.05) is 6.92 Å². The minimum atomic E-state index is 0. The molecule has 1 heterocycles. The molecule has 0 saturated carbocycles. The van der Waals surface area contributed by atoms with Crippen LogP contribution in [0, 0.1) is 5.92 Å². The number of ether oxygens (including phenoxy) is 2. The number of rotatable bonds is 5. The predicted octanol–water partition coefficient (Wildman–Crippen LogP) is 3.06. The molecular formula is C15H24BrClN2O2. The zero-order valence-corrected chi connectivity index (χ0v) is 15.2. The van der Waals surface area contributed by atoms with Gasteiger partial charge in [-0.2, -0.15) is 0 Å². The van der Waals surface area contributed by atoms with Crippen molar-refractivity contribution in [3.05, 3.63) is 22.2 Å². The predicted molar refractivity (Wildman–Crippen MR) is 91.5 cm³/mol. The van der Waals surface area contributed by atoms with E-state index in [0.717, 1.165) is 35.6 Å². The van der Waals surface area contributed by atoms with Crippen LogP contribution >= 0.6 is 28.3 Å². The Morgan fingerprint density at radius 2 is 2.10 bits per heavy atom. The Kier molecular flexibility index (Phi) is 7.27. The van der Waals surface area contributed by atoms with Crippen LogP contribution in [0.15, 0.2) is 16.6 Å². The molecule has 1 fully saturated rings. The van der Waals surface area contributed by atoms with E-state index in [1.54, 1.807) is 7.11 Å². The number of hydrogen-bond donors (Lipinski definition) is 1. The summed E-state index contributed by atoms with van der Waals surface area (Å²) in [5.41, 5.74) is 7.28. The van der Waals surface area contributed by atoms with Crippen LogP contribution in [0.3, 0.4) is 0 Å². The molecule has 120 valence electrons. The number of likely N-dealkylation sites (tertiary alicyclic amines) is 1. The smallest absolute Gasteiger partial charge is 0.175 e. The third-order valence-corrected chi connectivity index (χ3v) is 4.32. The molecule has 0 bridgehead atoms. The lowest BCUT2D eigenvalue weighted by Crippen LogP contribution is -2.28. The van der Waals surface area contributed by atoms with Crippen molar-refractivity contribution in [3.63, 3.8) is 0 Å². The molecule has 1 saturated heterocycles. The normalized spacial score (nSPS) is 22.0. The summed E-state index contributed by atoms with van der Waals surface area (Å²) in [6.07, 6.45) is 0. The van der Waals surface area contributed by atoms with Gasteiger partial charge in [0.2, 0.25) is 0 Å². The highest BCUT2D eigenvalue weighted by Crippen LogP contribution is 2.37. The van der Waals surface area contributed by atoms with E-state index < -0.39 is 0 Å².